The monoisotopic (exact) mass is 203 g/mol. The molecule has 0 saturated carbocycles. The molecule has 0 atom stereocenters. The molecule has 0 spiro atoms. The van der Waals surface area contributed by atoms with Crippen molar-refractivity contribution in [2.75, 3.05) is 18.5 Å². The molecule has 0 bridgehead atoms. The number of nitrogens with one attached hydrogen (secondary N) is 1. The lowest BCUT2D eigenvalue weighted by molar-refractivity contribution is 0.323. The Bertz CT molecular complexity index is 314. The van der Waals surface area contributed by atoms with Gasteiger partial charge in [-0.05, 0) is 6.07 Å². The standard InChI is InChI=1S/C8H7Cl2NO/c9-5-3-6(10)8-7(4-5)12-2-1-11-8/h3-4,11H,1-2H2. The molecule has 2 nitrogen and oxygen atoms in total. The molecule has 0 radical (unpaired) electrons. The van der Waals surface area contributed by atoms with Crippen LogP contribution in [-0.2, 0) is 0 Å². The molecule has 2 rings (SSSR count). The second-order valence-electron chi connectivity index (χ2n) is 2.54. The molecule has 0 amide bonds. The van der Waals surface area contributed by atoms with Gasteiger partial charge in [-0.15, -0.1) is 0 Å². The van der Waals surface area contributed by atoms with E-state index in [0.29, 0.717) is 16.7 Å². The molecule has 12 heavy (non-hydrogen) atoms. The molecule has 1 aromatic rings. The van der Waals surface area contributed by atoms with Gasteiger partial charge in [-0.25, -0.2) is 0 Å². The third kappa shape index (κ3) is 1.32. The summed E-state index contributed by atoms with van der Waals surface area (Å²) in [7, 11) is 0. The topological polar surface area (TPSA) is 21.3 Å². The van der Waals surface area contributed by atoms with Gasteiger partial charge < -0.3 is 10.1 Å². The van der Waals surface area contributed by atoms with Crippen molar-refractivity contribution in [3.05, 3.63) is 22.2 Å². The van der Waals surface area contributed by atoms with Gasteiger partial charge in [-0.1, -0.05) is 23.2 Å². The zero-order valence-corrected chi connectivity index (χ0v) is 7.74. The summed E-state index contributed by atoms with van der Waals surface area (Å²) in [5, 5.41) is 4.35. The number of rotatable bonds is 0. The maximum Gasteiger partial charge on any atom is 0.145 e. The van der Waals surface area contributed by atoms with Crippen LogP contribution in [-0.4, -0.2) is 13.2 Å². The summed E-state index contributed by atoms with van der Waals surface area (Å²) in [6.45, 7) is 1.44. The van der Waals surface area contributed by atoms with Gasteiger partial charge in [-0.3, -0.25) is 0 Å². The number of benzene rings is 1. The predicted molar refractivity (Wildman–Crippen MR) is 50.4 cm³/mol. The Morgan fingerprint density at radius 2 is 2.17 bits per heavy atom. The van der Waals surface area contributed by atoms with Gasteiger partial charge >= 0.3 is 0 Å². The largest absolute Gasteiger partial charge is 0.489 e. The van der Waals surface area contributed by atoms with E-state index in [1.165, 1.54) is 0 Å². The molecule has 0 saturated heterocycles. The quantitative estimate of drug-likeness (QED) is 0.701. The van der Waals surface area contributed by atoms with E-state index in [0.717, 1.165) is 18.0 Å². The molecule has 1 aliphatic heterocycles. The van der Waals surface area contributed by atoms with Crippen molar-refractivity contribution in [2.45, 2.75) is 0 Å². The zero-order valence-electron chi connectivity index (χ0n) is 6.23. The van der Waals surface area contributed by atoms with Crippen molar-refractivity contribution in [2.24, 2.45) is 0 Å². The maximum atomic E-state index is 5.92. The van der Waals surface area contributed by atoms with Crippen molar-refractivity contribution in [3.8, 4) is 5.75 Å². The highest BCUT2D eigenvalue weighted by Crippen LogP contribution is 2.37. The van der Waals surface area contributed by atoms with Gasteiger partial charge in [0.1, 0.15) is 12.4 Å². The first-order valence-corrected chi connectivity index (χ1v) is 4.38. The molecule has 0 fully saturated rings. The van der Waals surface area contributed by atoms with Crippen LogP contribution in [0.1, 0.15) is 0 Å². The number of anilines is 1. The van der Waals surface area contributed by atoms with Crippen molar-refractivity contribution < 1.29 is 4.74 Å². The van der Waals surface area contributed by atoms with Crippen LogP contribution in [0.4, 0.5) is 5.69 Å². The predicted octanol–water partition coefficient (Wildman–Crippen LogP) is 2.80. The average molecular weight is 204 g/mol. The molecule has 1 aromatic carbocycles. The normalized spacial score (nSPS) is 14.5. The van der Waals surface area contributed by atoms with Crippen molar-refractivity contribution in [3.63, 3.8) is 0 Å². The number of hydrogen-bond donors (Lipinski definition) is 1. The van der Waals surface area contributed by atoms with Gasteiger partial charge in [0.2, 0.25) is 0 Å². The van der Waals surface area contributed by atoms with E-state index in [9.17, 15) is 0 Å². The Morgan fingerprint density at radius 3 is 3.00 bits per heavy atom. The molecule has 1 N–H and O–H groups in total. The van der Waals surface area contributed by atoms with Crippen LogP contribution in [0.3, 0.4) is 0 Å². The first kappa shape index (κ1) is 8.02. The summed E-state index contributed by atoms with van der Waals surface area (Å²) in [6, 6.07) is 3.46. The Morgan fingerprint density at radius 1 is 1.33 bits per heavy atom. The summed E-state index contributed by atoms with van der Waals surface area (Å²) in [6.07, 6.45) is 0. The third-order valence-corrected chi connectivity index (χ3v) is 2.20. The Kier molecular flexibility index (Phi) is 2.03. The van der Waals surface area contributed by atoms with Crippen LogP contribution in [0.25, 0.3) is 0 Å². The lowest BCUT2D eigenvalue weighted by atomic mass is 10.2. The van der Waals surface area contributed by atoms with Crippen LogP contribution in [0.5, 0.6) is 5.75 Å². The van der Waals surface area contributed by atoms with Crippen molar-refractivity contribution >= 4 is 28.9 Å². The van der Waals surface area contributed by atoms with Gasteiger partial charge in [0.05, 0.1) is 10.7 Å². The summed E-state index contributed by atoms with van der Waals surface area (Å²) in [4.78, 5) is 0. The second-order valence-corrected chi connectivity index (χ2v) is 3.38. The van der Waals surface area contributed by atoms with Crippen LogP contribution < -0.4 is 10.1 Å². The van der Waals surface area contributed by atoms with E-state index in [1.54, 1.807) is 12.1 Å². The third-order valence-electron chi connectivity index (χ3n) is 1.68. The van der Waals surface area contributed by atoms with Crippen LogP contribution in [0.15, 0.2) is 12.1 Å². The van der Waals surface area contributed by atoms with Crippen molar-refractivity contribution in [1.29, 1.82) is 0 Å². The lowest BCUT2D eigenvalue weighted by Crippen LogP contribution is -2.18. The first-order chi connectivity index (χ1) is 5.77. The van der Waals surface area contributed by atoms with E-state index in [2.05, 4.69) is 5.32 Å². The number of fused-ring (bicyclic) bond motifs is 1. The number of ether oxygens (including phenoxy) is 1. The van der Waals surface area contributed by atoms with Crippen LogP contribution in [0, 0.1) is 0 Å². The summed E-state index contributed by atoms with van der Waals surface area (Å²) in [5.41, 5.74) is 0.840. The van der Waals surface area contributed by atoms with Gasteiger partial charge in [0.25, 0.3) is 0 Å². The van der Waals surface area contributed by atoms with Crippen LogP contribution in [0.2, 0.25) is 10.0 Å². The number of hydrogen-bond acceptors (Lipinski definition) is 2. The van der Waals surface area contributed by atoms with E-state index in [-0.39, 0.29) is 0 Å². The van der Waals surface area contributed by atoms with E-state index < -0.39 is 0 Å². The highest BCUT2D eigenvalue weighted by molar-refractivity contribution is 6.36. The highest BCUT2D eigenvalue weighted by atomic mass is 35.5. The SMILES string of the molecule is Clc1cc(Cl)c2c(c1)OCCN2. The smallest absolute Gasteiger partial charge is 0.145 e. The van der Waals surface area contributed by atoms with E-state index in [1.807, 2.05) is 0 Å². The molecular formula is C8H7Cl2NO. The number of halogens is 2. The van der Waals surface area contributed by atoms with Gasteiger partial charge in [-0.2, -0.15) is 0 Å². The molecule has 1 aliphatic rings. The van der Waals surface area contributed by atoms with E-state index in [4.69, 9.17) is 27.9 Å². The fourth-order valence-corrected chi connectivity index (χ4v) is 1.71. The zero-order chi connectivity index (χ0) is 8.55. The fraction of sp³-hybridized carbons (Fsp3) is 0.250. The Labute approximate surface area is 80.4 Å². The van der Waals surface area contributed by atoms with Gasteiger partial charge in [0, 0.05) is 17.6 Å². The molecule has 1 heterocycles. The van der Waals surface area contributed by atoms with Gasteiger partial charge in [0.15, 0.2) is 0 Å². The Hall–Kier alpha value is -0.600. The molecular weight excluding hydrogens is 197 g/mol. The first-order valence-electron chi connectivity index (χ1n) is 3.63. The highest BCUT2D eigenvalue weighted by Gasteiger charge is 2.13. The Balaban J connectivity index is 2.53. The summed E-state index contributed by atoms with van der Waals surface area (Å²) in [5.74, 6) is 0.735. The maximum absolute atomic E-state index is 5.92. The lowest BCUT2D eigenvalue weighted by Gasteiger charge is -2.20. The molecule has 0 unspecified atom stereocenters. The molecule has 4 heteroatoms. The molecule has 0 aromatic heterocycles. The molecule has 64 valence electrons. The summed E-state index contributed by atoms with van der Waals surface area (Å²) < 4.78 is 5.35. The van der Waals surface area contributed by atoms with Crippen LogP contribution >= 0.6 is 23.2 Å². The fourth-order valence-electron chi connectivity index (χ4n) is 1.17. The summed E-state index contributed by atoms with van der Waals surface area (Å²) >= 11 is 11.7. The van der Waals surface area contributed by atoms with E-state index >= 15 is 0 Å². The molecule has 0 aliphatic carbocycles. The van der Waals surface area contributed by atoms with Crippen molar-refractivity contribution in [1.82, 2.24) is 0 Å². The minimum atomic E-state index is 0.599. The minimum absolute atomic E-state index is 0.599. The average Bonchev–Trinajstić information content (AvgIpc) is 2.04. The minimum Gasteiger partial charge on any atom is -0.489 e. The second kappa shape index (κ2) is 3.04.